The number of nitrogens with one attached hydrogen (secondary N) is 1. The molecule has 4 heteroatoms. The van der Waals surface area contributed by atoms with Gasteiger partial charge in [-0.25, -0.2) is 4.79 Å². The smallest absolute Gasteiger partial charge is 0.337 e. The second kappa shape index (κ2) is 6.54. The molecule has 2 bridgehead atoms. The van der Waals surface area contributed by atoms with Gasteiger partial charge in [0, 0.05) is 0 Å². The van der Waals surface area contributed by atoms with Crippen LogP contribution < -0.4 is 10.1 Å². The molecular weight excluding hydrogens is 350 g/mol. The molecule has 4 nitrogen and oxygen atoms in total. The van der Waals surface area contributed by atoms with Crippen molar-refractivity contribution in [1.29, 1.82) is 0 Å². The van der Waals surface area contributed by atoms with Crippen LogP contribution in [0.5, 0.6) is 5.75 Å². The molecule has 2 aromatic carbocycles. The van der Waals surface area contributed by atoms with E-state index in [1.165, 1.54) is 48.8 Å². The van der Waals surface area contributed by atoms with E-state index in [1.807, 2.05) is 12.1 Å². The number of fused-ring (bicyclic) bond motifs is 7. The van der Waals surface area contributed by atoms with E-state index in [2.05, 4.69) is 36.5 Å². The SMILES string of the molecule is COC(=O)c1ccc(C2Nc3c(OC)ccc(C)c3C3C4CCC(C4)C23)cc1. The lowest BCUT2D eigenvalue weighted by Crippen LogP contribution is -2.36. The van der Waals surface area contributed by atoms with Gasteiger partial charge in [-0.3, -0.25) is 0 Å². The molecule has 2 aliphatic carbocycles. The number of benzene rings is 2. The van der Waals surface area contributed by atoms with E-state index in [0.717, 1.165) is 17.6 Å². The second-order valence-corrected chi connectivity index (χ2v) is 8.55. The molecule has 0 saturated heterocycles. The molecule has 5 atom stereocenters. The number of methoxy groups -OCH3 is 2. The normalized spacial score (nSPS) is 29.6. The summed E-state index contributed by atoms with van der Waals surface area (Å²) < 4.78 is 10.6. The topological polar surface area (TPSA) is 47.6 Å². The van der Waals surface area contributed by atoms with Crippen LogP contribution >= 0.6 is 0 Å². The van der Waals surface area contributed by atoms with Crippen LogP contribution in [0.25, 0.3) is 0 Å². The Bertz CT molecular complexity index is 920. The predicted molar refractivity (Wildman–Crippen MR) is 109 cm³/mol. The minimum Gasteiger partial charge on any atom is -0.495 e. The number of esters is 1. The minimum absolute atomic E-state index is 0.246. The van der Waals surface area contributed by atoms with Crippen molar-refractivity contribution in [2.75, 3.05) is 19.5 Å². The summed E-state index contributed by atoms with van der Waals surface area (Å²) >= 11 is 0. The molecule has 1 heterocycles. The lowest BCUT2D eigenvalue weighted by atomic mass is 9.67. The third-order valence-electron chi connectivity index (χ3n) is 7.33. The van der Waals surface area contributed by atoms with Crippen LogP contribution in [0, 0.1) is 24.7 Å². The molecule has 1 aliphatic heterocycles. The van der Waals surface area contributed by atoms with Crippen molar-refractivity contribution in [3.63, 3.8) is 0 Å². The van der Waals surface area contributed by atoms with E-state index in [1.54, 1.807) is 7.11 Å². The maximum atomic E-state index is 11.8. The Morgan fingerprint density at radius 2 is 1.79 bits per heavy atom. The number of ether oxygens (including phenoxy) is 2. The van der Waals surface area contributed by atoms with Gasteiger partial charge in [-0.1, -0.05) is 18.2 Å². The summed E-state index contributed by atoms with van der Waals surface area (Å²) in [6.45, 7) is 2.23. The first-order chi connectivity index (χ1) is 13.6. The molecule has 28 heavy (non-hydrogen) atoms. The number of carbonyl (C=O) groups is 1. The summed E-state index contributed by atoms with van der Waals surface area (Å²) in [6.07, 6.45) is 4.02. The molecular formula is C24H27NO3. The molecule has 0 radical (unpaired) electrons. The lowest BCUT2D eigenvalue weighted by Gasteiger charge is -2.44. The van der Waals surface area contributed by atoms with Crippen molar-refractivity contribution in [2.24, 2.45) is 17.8 Å². The van der Waals surface area contributed by atoms with E-state index in [9.17, 15) is 4.79 Å². The van der Waals surface area contributed by atoms with Gasteiger partial charge in [-0.15, -0.1) is 0 Å². The zero-order valence-electron chi connectivity index (χ0n) is 16.7. The van der Waals surface area contributed by atoms with Gasteiger partial charge in [-0.2, -0.15) is 0 Å². The highest BCUT2D eigenvalue weighted by Gasteiger charge is 2.54. The van der Waals surface area contributed by atoms with Gasteiger partial charge in [-0.05, 0) is 84.7 Å². The molecule has 2 fully saturated rings. The van der Waals surface area contributed by atoms with Gasteiger partial charge >= 0.3 is 5.97 Å². The number of rotatable bonds is 3. The van der Waals surface area contributed by atoms with Crippen molar-refractivity contribution in [2.45, 2.75) is 38.1 Å². The number of anilines is 1. The number of carbonyl (C=O) groups excluding carboxylic acids is 1. The van der Waals surface area contributed by atoms with E-state index >= 15 is 0 Å². The number of hydrogen-bond donors (Lipinski definition) is 1. The van der Waals surface area contributed by atoms with Crippen LogP contribution in [-0.4, -0.2) is 20.2 Å². The third kappa shape index (κ3) is 2.47. The van der Waals surface area contributed by atoms with Crippen molar-refractivity contribution >= 4 is 11.7 Å². The standard InChI is InChI=1S/C24H27NO3/c1-13-4-11-18(27-2)23-19(13)20-16-9-10-17(12-16)21(20)22(25-23)14-5-7-15(8-6-14)24(26)28-3/h4-8,11,16-17,20-22,25H,9-10,12H2,1-3H3. The highest BCUT2D eigenvalue weighted by Crippen LogP contribution is 2.65. The Morgan fingerprint density at radius 3 is 2.50 bits per heavy atom. The highest BCUT2D eigenvalue weighted by atomic mass is 16.5. The molecule has 0 amide bonds. The van der Waals surface area contributed by atoms with Crippen molar-refractivity contribution in [3.05, 3.63) is 58.7 Å². The average molecular weight is 377 g/mol. The molecule has 5 unspecified atom stereocenters. The Hall–Kier alpha value is -2.49. The van der Waals surface area contributed by atoms with Crippen LogP contribution in [-0.2, 0) is 4.74 Å². The quantitative estimate of drug-likeness (QED) is 0.757. The zero-order valence-corrected chi connectivity index (χ0v) is 16.7. The molecule has 2 aromatic rings. The van der Waals surface area contributed by atoms with Gasteiger partial charge in [0.25, 0.3) is 0 Å². The van der Waals surface area contributed by atoms with Crippen LogP contribution in [0.15, 0.2) is 36.4 Å². The third-order valence-corrected chi connectivity index (χ3v) is 7.33. The fourth-order valence-corrected chi connectivity index (χ4v) is 6.20. The van der Waals surface area contributed by atoms with E-state index in [-0.39, 0.29) is 12.0 Å². The van der Waals surface area contributed by atoms with E-state index in [0.29, 0.717) is 17.4 Å². The van der Waals surface area contributed by atoms with Gasteiger partial charge in [0.2, 0.25) is 0 Å². The van der Waals surface area contributed by atoms with Gasteiger partial charge < -0.3 is 14.8 Å². The fraction of sp³-hybridized carbons (Fsp3) is 0.458. The van der Waals surface area contributed by atoms with Crippen LogP contribution in [0.3, 0.4) is 0 Å². The number of hydrogen-bond acceptors (Lipinski definition) is 4. The van der Waals surface area contributed by atoms with Crippen LogP contribution in [0.2, 0.25) is 0 Å². The first kappa shape index (κ1) is 17.6. The first-order valence-electron chi connectivity index (χ1n) is 10.2. The Balaban J connectivity index is 1.60. The maximum Gasteiger partial charge on any atom is 0.337 e. The minimum atomic E-state index is -0.288. The van der Waals surface area contributed by atoms with Gasteiger partial charge in [0.15, 0.2) is 0 Å². The summed E-state index contributed by atoms with van der Waals surface area (Å²) in [5.74, 6) is 3.38. The largest absolute Gasteiger partial charge is 0.495 e. The summed E-state index contributed by atoms with van der Waals surface area (Å²) in [7, 11) is 3.17. The van der Waals surface area contributed by atoms with Crippen LogP contribution in [0.4, 0.5) is 5.69 Å². The second-order valence-electron chi connectivity index (χ2n) is 8.55. The maximum absolute atomic E-state index is 11.8. The number of aryl methyl sites for hydroxylation is 1. The summed E-state index contributed by atoms with van der Waals surface area (Å²) in [5, 5.41) is 3.85. The zero-order chi connectivity index (χ0) is 19.4. The molecule has 146 valence electrons. The molecule has 2 saturated carbocycles. The van der Waals surface area contributed by atoms with E-state index in [4.69, 9.17) is 9.47 Å². The Morgan fingerprint density at radius 1 is 1.04 bits per heavy atom. The molecule has 0 spiro atoms. The fourth-order valence-electron chi connectivity index (χ4n) is 6.20. The summed E-state index contributed by atoms with van der Waals surface area (Å²) in [5.41, 5.74) is 5.84. The first-order valence-corrected chi connectivity index (χ1v) is 10.2. The molecule has 5 rings (SSSR count). The van der Waals surface area contributed by atoms with Crippen LogP contribution in [0.1, 0.15) is 58.3 Å². The van der Waals surface area contributed by atoms with Gasteiger partial charge in [0.05, 0.1) is 31.5 Å². The Labute approximate surface area is 166 Å². The van der Waals surface area contributed by atoms with Crippen molar-refractivity contribution < 1.29 is 14.3 Å². The lowest BCUT2D eigenvalue weighted by molar-refractivity contribution is 0.0600. The van der Waals surface area contributed by atoms with Crippen molar-refractivity contribution in [3.8, 4) is 5.75 Å². The summed E-state index contributed by atoms with van der Waals surface area (Å²) in [6, 6.07) is 12.5. The monoisotopic (exact) mass is 377 g/mol. The molecule has 0 aromatic heterocycles. The predicted octanol–water partition coefficient (Wildman–Crippen LogP) is 5.09. The Kier molecular flexibility index (Phi) is 4.11. The van der Waals surface area contributed by atoms with Crippen molar-refractivity contribution in [1.82, 2.24) is 0 Å². The highest BCUT2D eigenvalue weighted by molar-refractivity contribution is 5.89. The average Bonchev–Trinajstić information content (AvgIpc) is 3.35. The van der Waals surface area contributed by atoms with Gasteiger partial charge in [0.1, 0.15) is 5.75 Å². The van der Waals surface area contributed by atoms with E-state index < -0.39 is 0 Å². The molecule has 3 aliphatic rings. The molecule has 1 N–H and O–H groups in total. The summed E-state index contributed by atoms with van der Waals surface area (Å²) in [4.78, 5) is 11.8.